The van der Waals surface area contributed by atoms with Crippen molar-refractivity contribution in [1.82, 2.24) is 9.71 Å². The second kappa shape index (κ2) is 6.19. The van der Waals surface area contributed by atoms with E-state index in [4.69, 9.17) is 0 Å². The van der Waals surface area contributed by atoms with E-state index >= 15 is 0 Å². The van der Waals surface area contributed by atoms with Crippen molar-refractivity contribution in [3.8, 4) is 0 Å². The Kier molecular flexibility index (Phi) is 5.28. The molecule has 0 aliphatic carbocycles. The summed E-state index contributed by atoms with van der Waals surface area (Å²) in [5, 5.41) is 2.80. The van der Waals surface area contributed by atoms with Gasteiger partial charge in [0, 0.05) is 12.5 Å². The molecule has 0 unspecified atom stereocenters. The number of aromatic nitrogens is 1. The fourth-order valence-corrected chi connectivity index (χ4v) is 4.61. The van der Waals surface area contributed by atoms with Crippen LogP contribution in [0, 0.1) is 6.92 Å². The first kappa shape index (κ1) is 17.1. The smallest absolute Gasteiger partial charge is 0.252 e. The molecule has 0 atom stereocenters. The highest BCUT2D eigenvalue weighted by molar-refractivity contribution is 7.91. The average molecular weight is 319 g/mol. The van der Waals surface area contributed by atoms with Gasteiger partial charge >= 0.3 is 0 Å². The third-order valence-corrected chi connectivity index (χ3v) is 6.54. The van der Waals surface area contributed by atoms with Crippen molar-refractivity contribution >= 4 is 32.4 Å². The molecule has 0 fully saturated rings. The summed E-state index contributed by atoms with van der Waals surface area (Å²) in [7, 11) is -3.63. The van der Waals surface area contributed by atoms with Crippen LogP contribution in [0.15, 0.2) is 4.21 Å². The molecule has 1 heterocycles. The zero-order valence-corrected chi connectivity index (χ0v) is 14.0. The fourth-order valence-electron chi connectivity index (χ4n) is 1.60. The Bertz CT molecular complexity index is 589. The van der Waals surface area contributed by atoms with Gasteiger partial charge in [-0.3, -0.25) is 4.79 Å². The van der Waals surface area contributed by atoms with Gasteiger partial charge in [0.25, 0.3) is 10.0 Å². The van der Waals surface area contributed by atoms with Crippen molar-refractivity contribution in [2.45, 2.75) is 57.2 Å². The van der Waals surface area contributed by atoms with E-state index < -0.39 is 15.6 Å². The molecule has 20 heavy (non-hydrogen) atoms. The van der Waals surface area contributed by atoms with Crippen LogP contribution in [-0.4, -0.2) is 24.8 Å². The average Bonchev–Trinajstić information content (AvgIpc) is 2.69. The molecule has 0 spiro atoms. The number of nitrogens with zero attached hydrogens (tertiary/aromatic N) is 1. The number of rotatable bonds is 6. The predicted octanol–water partition coefficient (Wildman–Crippen LogP) is 2.27. The summed E-state index contributed by atoms with van der Waals surface area (Å²) >= 11 is 0.963. The van der Waals surface area contributed by atoms with Crippen LogP contribution in [0.2, 0.25) is 0 Å². The summed E-state index contributed by atoms with van der Waals surface area (Å²) in [5.74, 6) is -0.275. The van der Waals surface area contributed by atoms with Crippen LogP contribution in [0.25, 0.3) is 0 Å². The van der Waals surface area contributed by atoms with E-state index in [9.17, 15) is 13.2 Å². The lowest BCUT2D eigenvalue weighted by Gasteiger charge is -2.27. The van der Waals surface area contributed by atoms with E-state index in [2.05, 4.69) is 15.0 Å². The van der Waals surface area contributed by atoms with Gasteiger partial charge in [0.15, 0.2) is 9.34 Å². The Balaban J connectivity index is 3.10. The monoisotopic (exact) mass is 319 g/mol. The summed E-state index contributed by atoms with van der Waals surface area (Å²) < 4.78 is 27.7. The lowest BCUT2D eigenvalue weighted by atomic mass is 9.98. The van der Waals surface area contributed by atoms with Gasteiger partial charge in [0.05, 0.1) is 5.69 Å². The molecule has 0 bridgehead atoms. The molecule has 1 aromatic rings. The summed E-state index contributed by atoms with van der Waals surface area (Å²) in [6.07, 6.45) is 1.39. The molecular weight excluding hydrogens is 298 g/mol. The normalized spacial score (nSPS) is 12.4. The zero-order valence-electron chi connectivity index (χ0n) is 12.4. The highest BCUT2D eigenvalue weighted by atomic mass is 32.2. The minimum atomic E-state index is -3.63. The Morgan fingerprint density at radius 1 is 1.35 bits per heavy atom. The molecule has 6 nitrogen and oxygen atoms in total. The SMILES string of the molecule is CCC(C)(CC)NS(=O)(=O)c1sc(NC(C)=O)nc1C. The van der Waals surface area contributed by atoms with Gasteiger partial charge in [-0.15, -0.1) is 0 Å². The van der Waals surface area contributed by atoms with Crippen molar-refractivity contribution in [2.24, 2.45) is 0 Å². The number of nitrogens with one attached hydrogen (secondary N) is 2. The molecule has 0 radical (unpaired) electrons. The first-order chi connectivity index (χ1) is 9.13. The number of hydrogen-bond donors (Lipinski definition) is 2. The number of sulfonamides is 1. The van der Waals surface area contributed by atoms with Gasteiger partial charge in [-0.1, -0.05) is 25.2 Å². The molecule has 1 amide bonds. The summed E-state index contributed by atoms with van der Waals surface area (Å²) in [5.41, 5.74) is -0.0931. The van der Waals surface area contributed by atoms with Crippen LogP contribution in [0.4, 0.5) is 5.13 Å². The number of aryl methyl sites for hydroxylation is 1. The molecule has 0 saturated heterocycles. The van der Waals surface area contributed by atoms with E-state index in [1.54, 1.807) is 6.92 Å². The second-order valence-corrected chi connectivity index (χ2v) is 7.82. The maximum Gasteiger partial charge on any atom is 0.252 e. The lowest BCUT2D eigenvalue weighted by molar-refractivity contribution is -0.114. The third kappa shape index (κ3) is 4.00. The Hall–Kier alpha value is -0.990. The maximum atomic E-state index is 12.4. The van der Waals surface area contributed by atoms with Gasteiger partial charge in [-0.25, -0.2) is 18.1 Å². The molecule has 2 N–H and O–H groups in total. The number of anilines is 1. The van der Waals surface area contributed by atoms with Crippen molar-refractivity contribution in [3.63, 3.8) is 0 Å². The predicted molar refractivity (Wildman–Crippen MR) is 80.5 cm³/mol. The van der Waals surface area contributed by atoms with E-state index in [0.29, 0.717) is 23.7 Å². The minimum Gasteiger partial charge on any atom is -0.302 e. The first-order valence-electron chi connectivity index (χ1n) is 6.42. The van der Waals surface area contributed by atoms with E-state index in [0.717, 1.165) is 11.3 Å². The van der Waals surface area contributed by atoms with Crippen LogP contribution < -0.4 is 10.0 Å². The van der Waals surface area contributed by atoms with Crippen molar-refractivity contribution in [1.29, 1.82) is 0 Å². The lowest BCUT2D eigenvalue weighted by Crippen LogP contribution is -2.44. The third-order valence-electron chi connectivity index (χ3n) is 3.22. The molecule has 1 aromatic heterocycles. The van der Waals surface area contributed by atoms with Crippen molar-refractivity contribution in [3.05, 3.63) is 5.69 Å². The van der Waals surface area contributed by atoms with Crippen molar-refractivity contribution in [2.75, 3.05) is 5.32 Å². The van der Waals surface area contributed by atoms with Crippen LogP contribution in [0.1, 0.15) is 46.2 Å². The Morgan fingerprint density at radius 3 is 2.35 bits per heavy atom. The van der Waals surface area contributed by atoms with Crippen LogP contribution in [0.5, 0.6) is 0 Å². The highest BCUT2D eigenvalue weighted by Crippen LogP contribution is 2.29. The van der Waals surface area contributed by atoms with Gasteiger partial charge < -0.3 is 5.32 Å². The summed E-state index contributed by atoms with van der Waals surface area (Å²) in [4.78, 5) is 15.1. The van der Waals surface area contributed by atoms with Crippen LogP contribution in [0.3, 0.4) is 0 Å². The number of carbonyl (C=O) groups excluding carboxylic acids is 1. The first-order valence-corrected chi connectivity index (χ1v) is 8.72. The number of thiazole rings is 1. The fraction of sp³-hybridized carbons (Fsp3) is 0.667. The molecular formula is C12H21N3O3S2. The highest BCUT2D eigenvalue weighted by Gasteiger charge is 2.30. The number of hydrogen-bond acceptors (Lipinski definition) is 5. The molecule has 0 saturated carbocycles. The Labute approximate surface area is 124 Å². The van der Waals surface area contributed by atoms with Gasteiger partial charge in [-0.2, -0.15) is 0 Å². The molecule has 0 aliphatic heterocycles. The maximum absolute atomic E-state index is 12.4. The molecule has 1 rings (SSSR count). The standard InChI is InChI=1S/C12H21N3O3S2/c1-6-12(5,7-2)15-20(17,18)10-8(3)13-11(19-10)14-9(4)16/h15H,6-7H2,1-5H3,(H,13,14,16). The number of amides is 1. The minimum absolute atomic E-state index is 0.148. The molecule has 0 aromatic carbocycles. The molecule has 0 aliphatic rings. The largest absolute Gasteiger partial charge is 0.302 e. The van der Waals surface area contributed by atoms with E-state index in [1.807, 2.05) is 20.8 Å². The van der Waals surface area contributed by atoms with Crippen LogP contribution in [-0.2, 0) is 14.8 Å². The second-order valence-electron chi connectivity index (χ2n) is 4.95. The zero-order chi connectivity index (χ0) is 15.6. The molecule has 114 valence electrons. The quantitative estimate of drug-likeness (QED) is 0.842. The van der Waals surface area contributed by atoms with Crippen molar-refractivity contribution < 1.29 is 13.2 Å². The Morgan fingerprint density at radius 2 is 1.90 bits per heavy atom. The summed E-state index contributed by atoms with van der Waals surface area (Å²) in [6, 6.07) is 0. The van der Waals surface area contributed by atoms with Gasteiger partial charge in [0.1, 0.15) is 0 Å². The van der Waals surface area contributed by atoms with Gasteiger partial charge in [-0.05, 0) is 26.7 Å². The number of carbonyl (C=O) groups is 1. The van der Waals surface area contributed by atoms with E-state index in [-0.39, 0.29) is 10.1 Å². The molecule has 8 heteroatoms. The topological polar surface area (TPSA) is 88.2 Å². The van der Waals surface area contributed by atoms with Crippen LogP contribution >= 0.6 is 11.3 Å². The van der Waals surface area contributed by atoms with E-state index in [1.165, 1.54) is 6.92 Å². The summed E-state index contributed by atoms with van der Waals surface area (Å²) in [6.45, 7) is 8.72. The van der Waals surface area contributed by atoms with Gasteiger partial charge in [0.2, 0.25) is 5.91 Å².